The number of anilines is 1. The summed E-state index contributed by atoms with van der Waals surface area (Å²) in [6.07, 6.45) is 1.26. The van der Waals surface area contributed by atoms with Gasteiger partial charge in [0.2, 0.25) is 0 Å². The molecule has 1 heterocycles. The minimum Gasteiger partial charge on any atom is -0.385 e. The number of benzene rings is 1. The lowest BCUT2D eigenvalue weighted by molar-refractivity contribution is 0.684. The van der Waals surface area contributed by atoms with Gasteiger partial charge in [0.25, 0.3) is 0 Å². The van der Waals surface area contributed by atoms with Crippen LogP contribution in [0.5, 0.6) is 0 Å². The Labute approximate surface area is 109 Å². The van der Waals surface area contributed by atoms with Gasteiger partial charge in [-0.15, -0.1) is 0 Å². The third-order valence-corrected chi connectivity index (χ3v) is 2.38. The third kappa shape index (κ3) is 6.35. The van der Waals surface area contributed by atoms with Crippen LogP contribution >= 0.6 is 0 Å². The van der Waals surface area contributed by atoms with Crippen LogP contribution in [0.25, 0.3) is 0 Å². The first-order chi connectivity index (χ1) is 8.38. The van der Waals surface area contributed by atoms with E-state index in [-0.39, 0.29) is 0 Å². The molecule has 17 heavy (non-hydrogen) atoms. The smallest absolute Gasteiger partial charge is 0.0375 e. The predicted molar refractivity (Wildman–Crippen MR) is 82.0 cm³/mol. The van der Waals surface area contributed by atoms with Gasteiger partial charge in [-0.05, 0) is 24.0 Å². The van der Waals surface area contributed by atoms with Gasteiger partial charge in [0.1, 0.15) is 0 Å². The molecule has 0 fully saturated rings. The molecule has 0 saturated heterocycles. The fourth-order valence-corrected chi connectivity index (χ4v) is 1.67. The Balaban J connectivity index is 0. The second kappa shape index (κ2) is 13.1. The lowest BCUT2D eigenvalue weighted by Crippen LogP contribution is -2.14. The molecule has 0 aromatic heterocycles. The van der Waals surface area contributed by atoms with Crippen LogP contribution in [0.2, 0.25) is 0 Å². The first-order valence-electron chi connectivity index (χ1n) is 7.21. The zero-order valence-electron chi connectivity index (χ0n) is 12.8. The van der Waals surface area contributed by atoms with Crippen LogP contribution in [-0.2, 0) is 0 Å². The minimum absolute atomic E-state index is 0.729. The van der Waals surface area contributed by atoms with Crippen molar-refractivity contribution in [3.63, 3.8) is 0 Å². The number of fused-ring (bicyclic) bond motifs is 1. The SMILES string of the molecule is CC.CC.CC.CC1CCNc2ccccc21. The van der Waals surface area contributed by atoms with Gasteiger partial charge in [0, 0.05) is 12.2 Å². The van der Waals surface area contributed by atoms with E-state index in [1.807, 2.05) is 41.5 Å². The average molecular weight is 237 g/mol. The Bertz CT molecular complexity index is 255. The van der Waals surface area contributed by atoms with Crippen LogP contribution in [-0.4, -0.2) is 6.54 Å². The Morgan fingerprint density at radius 3 is 2.00 bits per heavy atom. The van der Waals surface area contributed by atoms with Crippen LogP contribution in [0.4, 0.5) is 5.69 Å². The summed E-state index contributed by atoms with van der Waals surface area (Å²) in [5.74, 6) is 0.729. The molecule has 0 bridgehead atoms. The van der Waals surface area contributed by atoms with Crippen molar-refractivity contribution in [1.29, 1.82) is 0 Å². The molecule has 1 nitrogen and oxygen atoms in total. The minimum atomic E-state index is 0.729. The molecule has 0 radical (unpaired) electrons. The molecular formula is C16H31N. The van der Waals surface area contributed by atoms with Gasteiger partial charge in [0.05, 0.1) is 0 Å². The zero-order valence-corrected chi connectivity index (χ0v) is 12.8. The van der Waals surface area contributed by atoms with E-state index in [4.69, 9.17) is 0 Å². The highest BCUT2D eigenvalue weighted by Crippen LogP contribution is 2.30. The van der Waals surface area contributed by atoms with E-state index in [1.54, 1.807) is 0 Å². The molecule has 0 aliphatic carbocycles. The first kappa shape index (κ1) is 18.4. The van der Waals surface area contributed by atoms with Crippen LogP contribution in [0.15, 0.2) is 24.3 Å². The van der Waals surface area contributed by atoms with Crippen LogP contribution < -0.4 is 5.32 Å². The van der Waals surface area contributed by atoms with Crippen molar-refractivity contribution in [3.05, 3.63) is 29.8 Å². The number of para-hydroxylation sites is 1. The summed E-state index contributed by atoms with van der Waals surface area (Å²) in [7, 11) is 0. The fraction of sp³-hybridized carbons (Fsp3) is 0.625. The molecule has 0 spiro atoms. The summed E-state index contributed by atoms with van der Waals surface area (Å²) >= 11 is 0. The summed E-state index contributed by atoms with van der Waals surface area (Å²) < 4.78 is 0. The summed E-state index contributed by atoms with van der Waals surface area (Å²) in [5, 5.41) is 3.39. The summed E-state index contributed by atoms with van der Waals surface area (Å²) in [6, 6.07) is 8.57. The summed E-state index contributed by atoms with van der Waals surface area (Å²) in [4.78, 5) is 0. The molecule has 1 aliphatic heterocycles. The maximum atomic E-state index is 3.39. The van der Waals surface area contributed by atoms with Crippen LogP contribution in [0.3, 0.4) is 0 Å². The maximum absolute atomic E-state index is 3.39. The van der Waals surface area contributed by atoms with E-state index >= 15 is 0 Å². The molecule has 1 heteroatoms. The lowest BCUT2D eigenvalue weighted by atomic mass is 9.93. The normalized spacial score (nSPS) is 15.4. The van der Waals surface area contributed by atoms with Gasteiger partial charge >= 0.3 is 0 Å². The highest BCUT2D eigenvalue weighted by atomic mass is 14.9. The Morgan fingerprint density at radius 2 is 1.47 bits per heavy atom. The topological polar surface area (TPSA) is 12.0 Å². The van der Waals surface area contributed by atoms with Gasteiger partial charge in [-0.1, -0.05) is 66.7 Å². The summed E-state index contributed by atoms with van der Waals surface area (Å²) in [6.45, 7) is 15.4. The Hall–Kier alpha value is -0.980. The van der Waals surface area contributed by atoms with Crippen molar-refractivity contribution in [1.82, 2.24) is 0 Å². The predicted octanol–water partition coefficient (Wildman–Crippen LogP) is 5.68. The molecule has 0 saturated carbocycles. The highest BCUT2D eigenvalue weighted by Gasteiger charge is 2.13. The van der Waals surface area contributed by atoms with Gasteiger partial charge < -0.3 is 5.32 Å². The molecule has 1 aromatic carbocycles. The van der Waals surface area contributed by atoms with Gasteiger partial charge in [0.15, 0.2) is 0 Å². The van der Waals surface area contributed by atoms with Crippen molar-refractivity contribution in [2.45, 2.75) is 60.8 Å². The first-order valence-corrected chi connectivity index (χ1v) is 7.21. The van der Waals surface area contributed by atoms with Crippen molar-refractivity contribution in [2.24, 2.45) is 0 Å². The van der Waals surface area contributed by atoms with Crippen molar-refractivity contribution >= 4 is 5.69 Å². The molecular weight excluding hydrogens is 206 g/mol. The molecule has 1 atom stereocenters. The van der Waals surface area contributed by atoms with Crippen LogP contribution in [0.1, 0.15) is 66.4 Å². The Morgan fingerprint density at radius 1 is 0.941 bits per heavy atom. The van der Waals surface area contributed by atoms with E-state index in [0.29, 0.717) is 0 Å². The largest absolute Gasteiger partial charge is 0.385 e. The second-order valence-electron chi connectivity index (χ2n) is 3.20. The molecule has 1 unspecified atom stereocenters. The van der Waals surface area contributed by atoms with E-state index in [0.717, 1.165) is 12.5 Å². The third-order valence-electron chi connectivity index (χ3n) is 2.38. The molecule has 1 aliphatic rings. The van der Waals surface area contributed by atoms with E-state index in [1.165, 1.54) is 17.7 Å². The van der Waals surface area contributed by atoms with Crippen molar-refractivity contribution in [2.75, 3.05) is 11.9 Å². The maximum Gasteiger partial charge on any atom is 0.0375 e. The van der Waals surface area contributed by atoms with Gasteiger partial charge in [-0.25, -0.2) is 0 Å². The van der Waals surface area contributed by atoms with Crippen molar-refractivity contribution < 1.29 is 0 Å². The molecule has 1 N–H and O–H groups in total. The zero-order chi connectivity index (χ0) is 13.7. The number of rotatable bonds is 0. The molecule has 100 valence electrons. The number of nitrogens with one attached hydrogen (secondary N) is 1. The van der Waals surface area contributed by atoms with Gasteiger partial charge in [-0.2, -0.15) is 0 Å². The lowest BCUT2D eigenvalue weighted by Gasteiger charge is -2.23. The fourth-order valence-electron chi connectivity index (χ4n) is 1.67. The summed E-state index contributed by atoms with van der Waals surface area (Å²) in [5.41, 5.74) is 2.80. The van der Waals surface area contributed by atoms with Crippen LogP contribution in [0, 0.1) is 0 Å². The quantitative estimate of drug-likeness (QED) is 0.611. The van der Waals surface area contributed by atoms with Gasteiger partial charge in [-0.3, -0.25) is 0 Å². The average Bonchev–Trinajstić information content (AvgIpc) is 2.46. The second-order valence-corrected chi connectivity index (χ2v) is 3.20. The molecule has 0 amide bonds. The molecule has 2 rings (SSSR count). The highest BCUT2D eigenvalue weighted by molar-refractivity contribution is 5.54. The van der Waals surface area contributed by atoms with E-state index < -0.39 is 0 Å². The number of hydrogen-bond acceptors (Lipinski definition) is 1. The van der Waals surface area contributed by atoms with Crippen molar-refractivity contribution in [3.8, 4) is 0 Å². The Kier molecular flexibility index (Phi) is 14.2. The molecule has 1 aromatic rings. The van der Waals surface area contributed by atoms with E-state index in [9.17, 15) is 0 Å². The standard InChI is InChI=1S/C10H13N.3C2H6/c1-8-6-7-11-10-5-3-2-4-9(8)10;3*1-2/h2-5,8,11H,6-7H2,1H3;3*1-2H3. The monoisotopic (exact) mass is 237 g/mol. The number of hydrogen-bond donors (Lipinski definition) is 1. The van der Waals surface area contributed by atoms with E-state index in [2.05, 4.69) is 36.5 Å².